The van der Waals surface area contributed by atoms with Gasteiger partial charge in [-0.2, -0.15) is 0 Å². The highest BCUT2D eigenvalue weighted by Crippen LogP contribution is 2.66. The van der Waals surface area contributed by atoms with E-state index >= 15 is 9.59 Å². The van der Waals surface area contributed by atoms with Crippen LogP contribution in [0.3, 0.4) is 0 Å². The van der Waals surface area contributed by atoms with Crippen LogP contribution in [0, 0.1) is 5.41 Å². The SMILES string of the molecule is O=C1c2cccc3cccc(c23)[C@]12NC(Cc1ccccc1)[C@H](c1ccccc1)[C@]21CCC/C(=C\c2ccccc2)C1=O. The minimum atomic E-state index is -1.16. The molecular weight excluding hydrogens is 526 g/mol. The smallest absolute Gasteiger partial charge is 0.189 e. The van der Waals surface area contributed by atoms with E-state index in [1.54, 1.807) is 0 Å². The number of ketones is 2. The Balaban J connectivity index is 1.42. The molecule has 0 aromatic heterocycles. The molecule has 43 heavy (non-hydrogen) atoms. The summed E-state index contributed by atoms with van der Waals surface area (Å²) in [6.07, 6.45) is 4.98. The first-order valence-electron chi connectivity index (χ1n) is 15.4. The lowest BCUT2D eigenvalue weighted by Gasteiger charge is -2.47. The van der Waals surface area contributed by atoms with Crippen molar-refractivity contribution in [2.75, 3.05) is 0 Å². The number of hydrogen-bond acceptors (Lipinski definition) is 3. The average molecular weight is 560 g/mol. The molecular formula is C40H33NO2. The summed E-state index contributed by atoms with van der Waals surface area (Å²) in [7, 11) is 0. The third-order valence-corrected chi connectivity index (χ3v) is 10.2. The van der Waals surface area contributed by atoms with Gasteiger partial charge >= 0.3 is 0 Å². The van der Waals surface area contributed by atoms with Gasteiger partial charge in [-0.15, -0.1) is 0 Å². The molecule has 2 spiro atoms. The molecule has 0 radical (unpaired) electrons. The van der Waals surface area contributed by atoms with Crippen LogP contribution in [0.2, 0.25) is 0 Å². The van der Waals surface area contributed by atoms with Gasteiger partial charge in [0.25, 0.3) is 0 Å². The molecule has 3 aliphatic rings. The molecule has 8 rings (SSSR count). The number of allylic oxidation sites excluding steroid dienone is 1. The molecule has 5 aromatic rings. The van der Waals surface area contributed by atoms with E-state index < -0.39 is 11.0 Å². The maximum Gasteiger partial charge on any atom is 0.189 e. The lowest BCUT2D eigenvalue weighted by molar-refractivity contribution is -0.130. The zero-order valence-electron chi connectivity index (χ0n) is 24.0. The molecule has 0 amide bonds. The van der Waals surface area contributed by atoms with E-state index in [0.29, 0.717) is 19.3 Å². The van der Waals surface area contributed by atoms with Crippen molar-refractivity contribution < 1.29 is 9.59 Å². The third-order valence-electron chi connectivity index (χ3n) is 10.2. The van der Waals surface area contributed by atoms with Gasteiger partial charge in [-0.05, 0) is 70.4 Å². The molecule has 2 aliphatic carbocycles. The van der Waals surface area contributed by atoms with Gasteiger partial charge in [0.2, 0.25) is 0 Å². The van der Waals surface area contributed by atoms with Crippen LogP contribution in [0.25, 0.3) is 16.8 Å². The van der Waals surface area contributed by atoms with Crippen LogP contribution in [0.15, 0.2) is 133 Å². The predicted octanol–water partition coefficient (Wildman–Crippen LogP) is 8.05. The topological polar surface area (TPSA) is 46.2 Å². The number of rotatable bonds is 4. The Labute approximate surface area is 252 Å². The second kappa shape index (κ2) is 10.00. The van der Waals surface area contributed by atoms with Crippen molar-refractivity contribution in [3.05, 3.63) is 161 Å². The van der Waals surface area contributed by atoms with E-state index in [1.165, 1.54) is 5.56 Å². The number of nitrogens with one attached hydrogen (secondary N) is 1. The molecule has 1 N–H and O–H groups in total. The highest BCUT2D eigenvalue weighted by atomic mass is 16.1. The van der Waals surface area contributed by atoms with Crippen molar-refractivity contribution in [1.29, 1.82) is 0 Å². The Bertz CT molecular complexity index is 1890. The summed E-state index contributed by atoms with van der Waals surface area (Å²) in [4.78, 5) is 30.6. The lowest BCUT2D eigenvalue weighted by Crippen LogP contribution is -2.59. The molecule has 1 saturated carbocycles. The van der Waals surface area contributed by atoms with E-state index in [1.807, 2.05) is 48.5 Å². The quantitative estimate of drug-likeness (QED) is 0.227. The molecule has 1 heterocycles. The standard InChI is InChI=1S/C40H33NO2/c42-37-31(25-27-13-4-1-5-14-27)21-12-24-39(37)36(30-17-8-3-9-18-30)34(26-28-15-6-2-7-16-28)41-40(39)33-23-11-20-29-19-10-22-32(35(29)33)38(40)43/h1-11,13-20,22-23,25,34,36,41H,12,21,24,26H2/b31-25+/t34?,36-,39-,40-/m0/s1. The maximum absolute atomic E-state index is 15.5. The fourth-order valence-electron chi connectivity index (χ4n) is 8.65. The van der Waals surface area contributed by atoms with E-state index in [4.69, 9.17) is 0 Å². The second-order valence-electron chi connectivity index (χ2n) is 12.4. The van der Waals surface area contributed by atoms with Crippen LogP contribution in [-0.2, 0) is 16.8 Å². The van der Waals surface area contributed by atoms with Gasteiger partial charge in [-0.25, -0.2) is 0 Å². The Kier molecular flexibility index (Phi) is 6.06. The van der Waals surface area contributed by atoms with Gasteiger partial charge in [-0.3, -0.25) is 14.9 Å². The monoisotopic (exact) mass is 559 g/mol. The number of Topliss-reactive ketones (excluding diaryl/α,β-unsaturated/α-hetero) is 2. The summed E-state index contributed by atoms with van der Waals surface area (Å²) in [5, 5.41) is 6.03. The van der Waals surface area contributed by atoms with Crippen LogP contribution in [0.5, 0.6) is 0 Å². The van der Waals surface area contributed by atoms with Gasteiger partial charge in [0.1, 0.15) is 5.54 Å². The summed E-state index contributed by atoms with van der Waals surface area (Å²) in [5.41, 5.74) is 3.66. The van der Waals surface area contributed by atoms with Crippen LogP contribution in [0.1, 0.15) is 57.8 Å². The van der Waals surface area contributed by atoms with Gasteiger partial charge in [0.15, 0.2) is 11.6 Å². The third kappa shape index (κ3) is 3.71. The Morgan fingerprint density at radius 2 is 1.40 bits per heavy atom. The van der Waals surface area contributed by atoms with E-state index in [2.05, 4.69) is 90.3 Å². The van der Waals surface area contributed by atoms with Crippen LogP contribution in [0.4, 0.5) is 0 Å². The van der Waals surface area contributed by atoms with Gasteiger partial charge in [0, 0.05) is 17.5 Å². The summed E-state index contributed by atoms with van der Waals surface area (Å²) >= 11 is 0. The number of fused-ring (bicyclic) bond motifs is 2. The molecule has 1 aliphatic heterocycles. The summed E-state index contributed by atoms with van der Waals surface area (Å²) in [6, 6.07) is 43.1. The molecule has 4 atom stereocenters. The molecule has 1 unspecified atom stereocenters. The molecule has 210 valence electrons. The Morgan fingerprint density at radius 1 is 0.721 bits per heavy atom. The highest BCUT2D eigenvalue weighted by Gasteiger charge is 2.73. The average Bonchev–Trinajstić information content (AvgIpc) is 3.47. The van der Waals surface area contributed by atoms with Crippen LogP contribution < -0.4 is 5.32 Å². The molecule has 2 fully saturated rings. The van der Waals surface area contributed by atoms with Crippen molar-refractivity contribution in [2.24, 2.45) is 5.41 Å². The number of carbonyl (C=O) groups is 2. The summed E-state index contributed by atoms with van der Waals surface area (Å²) in [6.45, 7) is 0. The van der Waals surface area contributed by atoms with Crippen molar-refractivity contribution in [3.63, 3.8) is 0 Å². The normalized spacial score (nSPS) is 27.1. The molecule has 3 heteroatoms. The fraction of sp³-hybridized carbons (Fsp3) is 0.200. The molecule has 1 saturated heterocycles. The highest BCUT2D eigenvalue weighted by molar-refractivity contribution is 6.24. The zero-order chi connectivity index (χ0) is 29.0. The number of benzene rings is 5. The Morgan fingerprint density at radius 3 is 2.14 bits per heavy atom. The largest absolute Gasteiger partial charge is 0.296 e. The van der Waals surface area contributed by atoms with Crippen molar-refractivity contribution in [1.82, 2.24) is 5.32 Å². The first-order valence-corrected chi connectivity index (χ1v) is 15.4. The Hall–Kier alpha value is -4.60. The number of carbonyl (C=O) groups excluding carboxylic acids is 2. The van der Waals surface area contributed by atoms with Gasteiger partial charge in [0.05, 0.1) is 5.41 Å². The summed E-state index contributed by atoms with van der Waals surface area (Å²) < 4.78 is 0. The molecule has 3 nitrogen and oxygen atoms in total. The second-order valence-corrected chi connectivity index (χ2v) is 12.4. The fourth-order valence-corrected chi connectivity index (χ4v) is 8.65. The van der Waals surface area contributed by atoms with Crippen molar-refractivity contribution >= 4 is 28.4 Å². The molecule has 0 bridgehead atoms. The van der Waals surface area contributed by atoms with E-state index in [9.17, 15) is 0 Å². The minimum absolute atomic E-state index is 0.0325. The first-order chi connectivity index (χ1) is 21.1. The predicted molar refractivity (Wildman–Crippen MR) is 172 cm³/mol. The van der Waals surface area contributed by atoms with E-state index in [0.717, 1.165) is 45.0 Å². The van der Waals surface area contributed by atoms with Gasteiger partial charge in [-0.1, -0.05) is 127 Å². The minimum Gasteiger partial charge on any atom is -0.296 e. The maximum atomic E-state index is 15.5. The zero-order valence-corrected chi connectivity index (χ0v) is 24.0. The van der Waals surface area contributed by atoms with Gasteiger partial charge < -0.3 is 0 Å². The first kappa shape index (κ1) is 26.1. The molecule has 5 aromatic carbocycles. The van der Waals surface area contributed by atoms with Crippen LogP contribution in [-0.4, -0.2) is 17.6 Å². The van der Waals surface area contributed by atoms with Crippen molar-refractivity contribution in [3.8, 4) is 0 Å². The lowest BCUT2D eigenvalue weighted by atomic mass is 9.52. The van der Waals surface area contributed by atoms with E-state index in [-0.39, 0.29) is 23.5 Å². The van der Waals surface area contributed by atoms with Crippen molar-refractivity contribution in [2.45, 2.75) is 43.2 Å². The van der Waals surface area contributed by atoms with Crippen LogP contribution >= 0.6 is 0 Å². The number of hydrogen-bond donors (Lipinski definition) is 1. The summed E-state index contributed by atoms with van der Waals surface area (Å²) in [5.74, 6) is -0.0582.